The SMILES string of the molecule is CCCCC(CC)Cn1c(N)c(C(=O)NCCc2ccc(F)cc2)c2nc3ccccc3nc21. The Morgan fingerprint density at radius 1 is 1.09 bits per heavy atom. The second-order valence-corrected chi connectivity index (χ2v) is 8.80. The third kappa shape index (κ3) is 5.03. The number of nitrogens with two attached hydrogens (primary N) is 1. The number of carbonyl (C=O) groups is 1. The van der Waals surface area contributed by atoms with Crippen molar-refractivity contribution in [2.45, 2.75) is 52.5 Å². The molecule has 0 saturated heterocycles. The lowest BCUT2D eigenvalue weighted by molar-refractivity contribution is 0.0956. The van der Waals surface area contributed by atoms with Crippen LogP contribution in [-0.2, 0) is 13.0 Å². The molecule has 1 unspecified atom stereocenters. The summed E-state index contributed by atoms with van der Waals surface area (Å²) in [6.07, 6.45) is 5.02. The number of nitrogens with zero attached hydrogens (tertiary/aromatic N) is 3. The molecule has 2 heterocycles. The van der Waals surface area contributed by atoms with Crippen molar-refractivity contribution in [3.63, 3.8) is 0 Å². The average Bonchev–Trinajstić information content (AvgIpc) is 3.11. The lowest BCUT2D eigenvalue weighted by Crippen LogP contribution is -2.26. The highest BCUT2D eigenvalue weighted by atomic mass is 19.1. The minimum absolute atomic E-state index is 0.269. The van der Waals surface area contributed by atoms with Gasteiger partial charge in [0.2, 0.25) is 0 Å². The second kappa shape index (κ2) is 10.6. The Labute approximate surface area is 199 Å². The highest BCUT2D eigenvalue weighted by Crippen LogP contribution is 2.30. The number of hydrogen-bond acceptors (Lipinski definition) is 4. The molecule has 34 heavy (non-hydrogen) atoms. The predicted molar refractivity (Wildman–Crippen MR) is 135 cm³/mol. The van der Waals surface area contributed by atoms with Gasteiger partial charge in [0.1, 0.15) is 22.7 Å². The molecular weight excluding hydrogens is 429 g/mol. The summed E-state index contributed by atoms with van der Waals surface area (Å²) in [6.45, 7) is 5.49. The largest absolute Gasteiger partial charge is 0.384 e. The number of halogens is 1. The Morgan fingerprint density at radius 2 is 1.79 bits per heavy atom. The number of nitrogens with one attached hydrogen (secondary N) is 1. The Bertz CT molecular complexity index is 1280. The van der Waals surface area contributed by atoms with Gasteiger partial charge in [-0.2, -0.15) is 0 Å². The highest BCUT2D eigenvalue weighted by molar-refractivity contribution is 6.10. The molecule has 1 atom stereocenters. The monoisotopic (exact) mass is 461 g/mol. The molecule has 2 aromatic carbocycles. The van der Waals surface area contributed by atoms with Gasteiger partial charge < -0.3 is 15.6 Å². The number of para-hydroxylation sites is 2. The molecule has 0 bridgehead atoms. The number of amides is 1. The minimum atomic E-state index is -0.275. The summed E-state index contributed by atoms with van der Waals surface area (Å²) in [4.78, 5) is 22.9. The van der Waals surface area contributed by atoms with Crippen molar-refractivity contribution in [1.29, 1.82) is 0 Å². The van der Waals surface area contributed by atoms with Crippen LogP contribution in [0.2, 0.25) is 0 Å². The van der Waals surface area contributed by atoms with Crippen LogP contribution in [0.3, 0.4) is 0 Å². The van der Waals surface area contributed by atoms with Crippen LogP contribution in [0.25, 0.3) is 22.2 Å². The highest BCUT2D eigenvalue weighted by Gasteiger charge is 2.25. The molecule has 3 N–H and O–H groups in total. The Hall–Kier alpha value is -3.48. The molecule has 178 valence electrons. The van der Waals surface area contributed by atoms with Gasteiger partial charge >= 0.3 is 0 Å². The van der Waals surface area contributed by atoms with E-state index in [1.807, 2.05) is 28.8 Å². The van der Waals surface area contributed by atoms with E-state index >= 15 is 0 Å². The molecule has 1 amide bonds. The maximum atomic E-state index is 13.3. The number of anilines is 1. The first kappa shape index (κ1) is 23.7. The van der Waals surface area contributed by atoms with E-state index in [1.165, 1.54) is 12.1 Å². The molecular formula is C27H32FN5O. The molecule has 0 aliphatic heterocycles. The van der Waals surface area contributed by atoms with Gasteiger partial charge in [0, 0.05) is 13.1 Å². The molecule has 0 saturated carbocycles. The Kier molecular flexibility index (Phi) is 7.40. The molecule has 7 heteroatoms. The number of fused-ring (bicyclic) bond motifs is 2. The first-order chi connectivity index (χ1) is 16.5. The van der Waals surface area contributed by atoms with Crippen LogP contribution in [0.4, 0.5) is 10.2 Å². The zero-order chi connectivity index (χ0) is 24.1. The van der Waals surface area contributed by atoms with Gasteiger partial charge in [-0.15, -0.1) is 0 Å². The first-order valence-electron chi connectivity index (χ1n) is 12.1. The van der Waals surface area contributed by atoms with Crippen LogP contribution in [0.15, 0.2) is 48.5 Å². The van der Waals surface area contributed by atoms with Crippen molar-refractivity contribution in [3.05, 3.63) is 65.5 Å². The lowest BCUT2D eigenvalue weighted by atomic mass is 9.99. The van der Waals surface area contributed by atoms with E-state index in [0.717, 1.165) is 42.3 Å². The van der Waals surface area contributed by atoms with Crippen LogP contribution >= 0.6 is 0 Å². The van der Waals surface area contributed by atoms with Crippen molar-refractivity contribution in [1.82, 2.24) is 19.9 Å². The van der Waals surface area contributed by atoms with E-state index in [2.05, 4.69) is 19.2 Å². The van der Waals surface area contributed by atoms with Crippen LogP contribution in [-0.4, -0.2) is 27.0 Å². The van der Waals surface area contributed by atoms with Gasteiger partial charge in [-0.05, 0) is 48.6 Å². The standard InChI is InChI=1S/C27H32FN5O/c1-3-5-8-18(4-2)17-33-25(29)23(24-26(33)32-22-10-7-6-9-21(22)31-24)27(34)30-16-15-19-11-13-20(28)14-12-19/h6-7,9-14,18H,3-5,8,15-17,29H2,1-2H3,(H,30,34). The lowest BCUT2D eigenvalue weighted by Gasteiger charge is -2.17. The summed E-state index contributed by atoms with van der Waals surface area (Å²) >= 11 is 0. The second-order valence-electron chi connectivity index (χ2n) is 8.80. The molecule has 0 radical (unpaired) electrons. The van der Waals surface area contributed by atoms with Crippen molar-refractivity contribution < 1.29 is 9.18 Å². The van der Waals surface area contributed by atoms with Crippen LogP contribution < -0.4 is 11.1 Å². The molecule has 6 nitrogen and oxygen atoms in total. The summed E-state index contributed by atoms with van der Waals surface area (Å²) < 4.78 is 15.1. The number of aromatic nitrogens is 3. The molecule has 0 spiro atoms. The normalized spacial score (nSPS) is 12.3. The van der Waals surface area contributed by atoms with E-state index in [1.54, 1.807) is 12.1 Å². The van der Waals surface area contributed by atoms with Crippen molar-refractivity contribution in [3.8, 4) is 0 Å². The number of unbranched alkanes of at least 4 members (excludes halogenated alkanes) is 1. The fourth-order valence-corrected chi connectivity index (χ4v) is 4.36. The Morgan fingerprint density at radius 3 is 2.47 bits per heavy atom. The van der Waals surface area contributed by atoms with Gasteiger partial charge in [-0.3, -0.25) is 4.79 Å². The van der Waals surface area contributed by atoms with Crippen molar-refractivity contribution in [2.24, 2.45) is 5.92 Å². The summed E-state index contributed by atoms with van der Waals surface area (Å²) in [6, 6.07) is 13.9. The van der Waals surface area contributed by atoms with E-state index in [-0.39, 0.29) is 11.7 Å². The number of hydrogen-bond donors (Lipinski definition) is 2. The van der Waals surface area contributed by atoms with Gasteiger partial charge in [0.15, 0.2) is 5.65 Å². The Balaban J connectivity index is 1.66. The molecule has 0 aliphatic rings. The fraction of sp³-hybridized carbons (Fsp3) is 0.370. The molecule has 0 fully saturated rings. The van der Waals surface area contributed by atoms with E-state index in [9.17, 15) is 9.18 Å². The maximum absolute atomic E-state index is 13.3. The third-order valence-corrected chi connectivity index (χ3v) is 6.42. The van der Waals surface area contributed by atoms with E-state index < -0.39 is 0 Å². The van der Waals surface area contributed by atoms with Gasteiger partial charge in [0.25, 0.3) is 5.91 Å². The van der Waals surface area contributed by atoms with Gasteiger partial charge in [-0.1, -0.05) is 57.4 Å². The predicted octanol–water partition coefficient (Wildman–Crippen LogP) is 5.49. The van der Waals surface area contributed by atoms with Gasteiger partial charge in [0.05, 0.1) is 11.0 Å². The summed E-state index contributed by atoms with van der Waals surface area (Å²) in [7, 11) is 0. The third-order valence-electron chi connectivity index (χ3n) is 6.42. The maximum Gasteiger partial charge on any atom is 0.257 e. The van der Waals surface area contributed by atoms with E-state index in [4.69, 9.17) is 15.7 Å². The minimum Gasteiger partial charge on any atom is -0.384 e. The van der Waals surface area contributed by atoms with Gasteiger partial charge in [-0.25, -0.2) is 14.4 Å². The van der Waals surface area contributed by atoms with Crippen LogP contribution in [0.5, 0.6) is 0 Å². The number of carbonyl (C=O) groups excluding carboxylic acids is 1. The summed E-state index contributed by atoms with van der Waals surface area (Å²) in [5, 5.41) is 2.96. The van der Waals surface area contributed by atoms with Crippen molar-refractivity contribution >= 4 is 33.9 Å². The van der Waals surface area contributed by atoms with E-state index in [0.29, 0.717) is 48.0 Å². The quantitative estimate of drug-likeness (QED) is 0.327. The van der Waals surface area contributed by atoms with Crippen LogP contribution in [0.1, 0.15) is 55.5 Å². The smallest absolute Gasteiger partial charge is 0.257 e. The number of benzene rings is 2. The summed E-state index contributed by atoms with van der Waals surface area (Å²) in [5.74, 6) is 0.304. The summed E-state index contributed by atoms with van der Waals surface area (Å²) in [5.41, 5.74) is 10.6. The van der Waals surface area contributed by atoms with Crippen LogP contribution in [0, 0.1) is 11.7 Å². The topological polar surface area (TPSA) is 85.8 Å². The molecule has 0 aliphatic carbocycles. The first-order valence-corrected chi connectivity index (χ1v) is 12.1. The fourth-order valence-electron chi connectivity index (χ4n) is 4.36. The molecule has 4 aromatic rings. The zero-order valence-electron chi connectivity index (χ0n) is 19.9. The number of rotatable bonds is 10. The van der Waals surface area contributed by atoms with Crippen molar-refractivity contribution in [2.75, 3.05) is 12.3 Å². The molecule has 2 aromatic heterocycles. The zero-order valence-corrected chi connectivity index (χ0v) is 19.9. The average molecular weight is 462 g/mol. The number of nitrogen functional groups attached to an aromatic ring is 1. The molecule has 4 rings (SSSR count).